The summed E-state index contributed by atoms with van der Waals surface area (Å²) in [6.07, 6.45) is 27.4. The summed E-state index contributed by atoms with van der Waals surface area (Å²) in [5.74, 6) is 6.60. The first-order valence-electron chi connectivity index (χ1n) is 24.9. The zero-order chi connectivity index (χ0) is 45.6. The van der Waals surface area contributed by atoms with Crippen molar-refractivity contribution in [2.24, 2.45) is 11.8 Å². The van der Waals surface area contributed by atoms with Gasteiger partial charge in [0.25, 0.3) is 0 Å². The van der Waals surface area contributed by atoms with Crippen LogP contribution in [0.25, 0.3) is 0 Å². The standard InChI is InChI=1S/C19H38N2OS2.C17H34N2OS2.C11H22N2OS2/c22-19-20(13-9-5-1-3-7-11-17-23)15-16-21(19)14-10-6-2-4-8-12-18-24;20-17-18(11-7-3-1-5-9-15-21)13-14-19(17)12-8-4-2-6-10-16-22;1-9(7-15)5-12-3-4-13(11(12)14)6-10(2)8-16/h23-24H,1-18H2;21-22H,1-16H2;9-10,15-16H,3-8H2,1-2H3. The SMILES string of the molecule is CC(CS)CN1CCN(CC(C)CS)C1=O.O=C1N(CCCCCCCCS)CCN1CCCCCCCCS.O=C1N(CCCCCCCS)CCN1CCCCCCCS. The highest BCUT2D eigenvalue weighted by Crippen LogP contribution is 2.17. The van der Waals surface area contributed by atoms with Crippen molar-refractivity contribution in [3.8, 4) is 0 Å². The quantitative estimate of drug-likeness (QED) is 0.0280. The molecule has 0 aromatic rings. The Balaban J connectivity index is 0.000000474. The van der Waals surface area contributed by atoms with E-state index in [-0.39, 0.29) is 18.1 Å². The summed E-state index contributed by atoms with van der Waals surface area (Å²) < 4.78 is 0. The van der Waals surface area contributed by atoms with Gasteiger partial charge in [-0.3, -0.25) is 0 Å². The second-order valence-electron chi connectivity index (χ2n) is 17.9. The van der Waals surface area contributed by atoms with E-state index in [1.165, 1.54) is 116 Å². The van der Waals surface area contributed by atoms with Gasteiger partial charge in [-0.25, -0.2) is 14.4 Å². The van der Waals surface area contributed by atoms with E-state index in [2.05, 4.69) is 99.4 Å². The Labute approximate surface area is 414 Å². The van der Waals surface area contributed by atoms with E-state index in [1.54, 1.807) is 0 Å². The first kappa shape index (κ1) is 59.9. The van der Waals surface area contributed by atoms with E-state index in [0.717, 1.165) is 139 Å². The number of amides is 6. The van der Waals surface area contributed by atoms with Crippen molar-refractivity contribution in [1.29, 1.82) is 0 Å². The lowest BCUT2D eigenvalue weighted by Crippen LogP contribution is -2.36. The third-order valence-corrected chi connectivity index (χ3v) is 14.6. The average Bonchev–Trinajstić information content (AvgIpc) is 3.94. The monoisotopic (exact) mass is 983 g/mol. The van der Waals surface area contributed by atoms with Gasteiger partial charge >= 0.3 is 18.1 Å². The van der Waals surface area contributed by atoms with Crippen molar-refractivity contribution in [3.63, 3.8) is 0 Å². The van der Waals surface area contributed by atoms with Crippen LogP contribution in [0.1, 0.15) is 155 Å². The van der Waals surface area contributed by atoms with Crippen LogP contribution in [0.2, 0.25) is 0 Å². The highest BCUT2D eigenvalue weighted by molar-refractivity contribution is 7.81. The van der Waals surface area contributed by atoms with Gasteiger partial charge in [-0.15, -0.1) is 0 Å². The van der Waals surface area contributed by atoms with E-state index >= 15 is 0 Å². The molecule has 2 unspecified atom stereocenters. The number of carbonyl (C=O) groups excluding carboxylic acids is 3. The summed E-state index contributed by atoms with van der Waals surface area (Å²) in [7, 11) is 0. The predicted molar refractivity (Wildman–Crippen MR) is 289 cm³/mol. The average molecular weight is 984 g/mol. The molecular formula is C47H94N6O3S6. The van der Waals surface area contributed by atoms with E-state index in [1.807, 2.05) is 19.6 Å². The highest BCUT2D eigenvalue weighted by atomic mass is 32.1. The van der Waals surface area contributed by atoms with Crippen LogP contribution in [-0.4, -0.2) is 161 Å². The Morgan fingerprint density at radius 3 is 0.742 bits per heavy atom. The Bertz CT molecular complexity index is 1030. The van der Waals surface area contributed by atoms with E-state index in [9.17, 15) is 14.4 Å². The number of urea groups is 3. The molecule has 0 aliphatic carbocycles. The summed E-state index contributed by atoms with van der Waals surface area (Å²) in [5.41, 5.74) is 0. The molecule has 9 nitrogen and oxygen atoms in total. The zero-order valence-electron chi connectivity index (χ0n) is 39.5. The van der Waals surface area contributed by atoms with Gasteiger partial charge in [0.2, 0.25) is 0 Å². The molecule has 0 radical (unpaired) electrons. The van der Waals surface area contributed by atoms with Gasteiger partial charge in [-0.05, 0) is 97.7 Å². The van der Waals surface area contributed by atoms with Crippen molar-refractivity contribution in [3.05, 3.63) is 0 Å². The number of unbranched alkanes of at least 4 members (excludes halogenated alkanes) is 18. The smallest absolute Gasteiger partial charge is 0.320 e. The number of carbonyl (C=O) groups is 3. The molecule has 366 valence electrons. The summed E-state index contributed by atoms with van der Waals surface area (Å²) in [5, 5.41) is 0. The molecule has 15 heteroatoms. The summed E-state index contributed by atoms with van der Waals surface area (Å²) in [6.45, 7) is 15.1. The molecule has 62 heavy (non-hydrogen) atoms. The minimum absolute atomic E-state index is 0.183. The van der Waals surface area contributed by atoms with Gasteiger partial charge in [-0.1, -0.05) is 104 Å². The lowest BCUT2D eigenvalue weighted by atomic mass is 10.1. The molecule has 3 aliphatic heterocycles. The van der Waals surface area contributed by atoms with Gasteiger partial charge in [0.15, 0.2) is 0 Å². The number of hydrogen-bond donors (Lipinski definition) is 6. The topological polar surface area (TPSA) is 70.7 Å². The molecule has 0 aromatic carbocycles. The maximum Gasteiger partial charge on any atom is 0.320 e. The first-order chi connectivity index (χ1) is 30.2. The fourth-order valence-electron chi connectivity index (χ4n) is 8.07. The number of thiol groups is 6. The second kappa shape index (κ2) is 41.1. The molecular weight excluding hydrogens is 889 g/mol. The van der Waals surface area contributed by atoms with Gasteiger partial charge in [0.05, 0.1) is 0 Å². The van der Waals surface area contributed by atoms with Crippen LogP contribution in [0.15, 0.2) is 0 Å². The maximum atomic E-state index is 12.4. The molecule has 0 bridgehead atoms. The minimum Gasteiger partial charge on any atom is -0.323 e. The van der Waals surface area contributed by atoms with Crippen LogP contribution in [0.4, 0.5) is 14.4 Å². The van der Waals surface area contributed by atoms with Crippen molar-refractivity contribution in [1.82, 2.24) is 29.4 Å². The molecule has 3 saturated heterocycles. The van der Waals surface area contributed by atoms with Crippen LogP contribution in [0, 0.1) is 11.8 Å². The molecule has 3 fully saturated rings. The normalized spacial score (nSPS) is 16.4. The van der Waals surface area contributed by atoms with Crippen LogP contribution < -0.4 is 0 Å². The maximum absolute atomic E-state index is 12.4. The largest absolute Gasteiger partial charge is 0.323 e. The fraction of sp³-hybridized carbons (Fsp3) is 0.936. The van der Waals surface area contributed by atoms with Crippen LogP contribution >= 0.6 is 75.8 Å². The predicted octanol–water partition coefficient (Wildman–Crippen LogP) is 11.6. The minimum atomic E-state index is 0.183. The van der Waals surface area contributed by atoms with Gasteiger partial charge in [0.1, 0.15) is 0 Å². The van der Waals surface area contributed by atoms with Gasteiger partial charge in [-0.2, -0.15) is 75.8 Å². The third-order valence-electron chi connectivity index (χ3n) is 12.1. The second-order valence-corrected chi connectivity index (χ2v) is 20.5. The van der Waals surface area contributed by atoms with E-state index in [0.29, 0.717) is 11.8 Å². The van der Waals surface area contributed by atoms with Gasteiger partial charge < -0.3 is 29.4 Å². The fourth-order valence-corrected chi connectivity index (χ4v) is 9.19. The molecule has 0 saturated carbocycles. The lowest BCUT2D eigenvalue weighted by molar-refractivity contribution is 0.184. The Morgan fingerprint density at radius 1 is 0.323 bits per heavy atom. The van der Waals surface area contributed by atoms with Gasteiger partial charge in [0, 0.05) is 78.5 Å². The zero-order valence-corrected chi connectivity index (χ0v) is 44.9. The Kier molecular flexibility index (Phi) is 39.8. The molecule has 3 aliphatic rings. The number of rotatable bonds is 36. The molecule has 0 aromatic heterocycles. The molecule has 3 rings (SSSR count). The third kappa shape index (κ3) is 28.8. The van der Waals surface area contributed by atoms with Crippen molar-refractivity contribution in [2.75, 3.05) is 113 Å². The molecule has 6 amide bonds. The van der Waals surface area contributed by atoms with E-state index in [4.69, 9.17) is 0 Å². The van der Waals surface area contributed by atoms with Crippen LogP contribution in [0.5, 0.6) is 0 Å². The summed E-state index contributed by atoms with van der Waals surface area (Å²) in [6, 6.07) is 0.730. The van der Waals surface area contributed by atoms with Crippen molar-refractivity contribution in [2.45, 2.75) is 155 Å². The first-order valence-corrected chi connectivity index (χ1v) is 28.7. The highest BCUT2D eigenvalue weighted by Gasteiger charge is 2.30. The number of hydrogen-bond acceptors (Lipinski definition) is 9. The van der Waals surface area contributed by atoms with Crippen LogP contribution in [0.3, 0.4) is 0 Å². The van der Waals surface area contributed by atoms with E-state index < -0.39 is 0 Å². The summed E-state index contributed by atoms with van der Waals surface area (Å²) >= 11 is 25.4. The number of nitrogens with zero attached hydrogens (tertiary/aromatic N) is 6. The van der Waals surface area contributed by atoms with Crippen LogP contribution in [-0.2, 0) is 0 Å². The Morgan fingerprint density at radius 2 is 0.516 bits per heavy atom. The molecule has 3 heterocycles. The molecule has 0 spiro atoms. The molecule has 0 N–H and O–H groups in total. The molecule has 2 atom stereocenters. The lowest BCUT2D eigenvalue weighted by Gasteiger charge is -2.22. The summed E-state index contributed by atoms with van der Waals surface area (Å²) in [4.78, 5) is 48.7. The van der Waals surface area contributed by atoms with Crippen molar-refractivity contribution < 1.29 is 14.4 Å². The van der Waals surface area contributed by atoms with Crippen molar-refractivity contribution >= 4 is 93.9 Å². The Hall–Kier alpha value is -0.0900.